The van der Waals surface area contributed by atoms with Crippen molar-refractivity contribution in [2.45, 2.75) is 0 Å². The van der Waals surface area contributed by atoms with Gasteiger partial charge in [0, 0.05) is 16.6 Å². The monoisotopic (exact) mass is 248 g/mol. The van der Waals surface area contributed by atoms with Crippen molar-refractivity contribution in [3.05, 3.63) is 53.3 Å². The highest BCUT2D eigenvalue weighted by atomic mass is 79.9. The summed E-state index contributed by atoms with van der Waals surface area (Å²) >= 11 is 3.47. The van der Waals surface area contributed by atoms with Gasteiger partial charge in [0.15, 0.2) is 12.4 Å². The van der Waals surface area contributed by atoms with Gasteiger partial charge in [0.25, 0.3) is 0 Å². The van der Waals surface area contributed by atoms with Crippen molar-refractivity contribution in [2.75, 3.05) is 0 Å². The van der Waals surface area contributed by atoms with Crippen LogP contribution in [0.1, 0.15) is 0 Å². The van der Waals surface area contributed by atoms with Gasteiger partial charge in [-0.25, -0.2) is 4.57 Å². The molecule has 0 bridgehead atoms. The molecule has 1 heterocycles. The lowest BCUT2D eigenvalue weighted by Gasteiger charge is -2.00. The molecule has 0 unspecified atom stereocenters. The molecule has 0 amide bonds. The van der Waals surface area contributed by atoms with Gasteiger partial charge < -0.3 is 0 Å². The van der Waals surface area contributed by atoms with Gasteiger partial charge in [0.1, 0.15) is 7.05 Å². The first kappa shape index (κ1) is 9.41. The van der Waals surface area contributed by atoms with Crippen molar-refractivity contribution >= 4 is 15.9 Å². The van der Waals surface area contributed by atoms with E-state index >= 15 is 0 Å². The second kappa shape index (κ2) is 3.93. The number of hydrogen-bond acceptors (Lipinski definition) is 0. The lowest BCUT2D eigenvalue weighted by Crippen LogP contribution is -2.25. The van der Waals surface area contributed by atoms with E-state index in [2.05, 4.69) is 52.6 Å². The second-order valence-corrected chi connectivity index (χ2v) is 4.18. The number of rotatable bonds is 1. The van der Waals surface area contributed by atoms with Gasteiger partial charge in [-0.2, -0.15) is 0 Å². The van der Waals surface area contributed by atoms with E-state index in [4.69, 9.17) is 0 Å². The molecule has 0 spiro atoms. The van der Waals surface area contributed by atoms with Crippen molar-refractivity contribution in [1.82, 2.24) is 0 Å². The number of benzene rings is 1. The van der Waals surface area contributed by atoms with Crippen molar-refractivity contribution in [3.8, 4) is 11.1 Å². The van der Waals surface area contributed by atoms with E-state index in [9.17, 15) is 0 Å². The molecule has 0 aliphatic heterocycles. The summed E-state index contributed by atoms with van der Waals surface area (Å²) in [6, 6.07) is 12.5. The van der Waals surface area contributed by atoms with Crippen LogP contribution in [0.25, 0.3) is 11.1 Å². The fraction of sp³-hybridized carbons (Fsp3) is 0.0833. The van der Waals surface area contributed by atoms with Crippen LogP contribution in [-0.4, -0.2) is 0 Å². The maximum atomic E-state index is 3.47. The first-order chi connectivity index (χ1) is 6.75. The van der Waals surface area contributed by atoms with Crippen LogP contribution in [0.4, 0.5) is 0 Å². The molecule has 1 aromatic heterocycles. The van der Waals surface area contributed by atoms with E-state index in [1.165, 1.54) is 11.1 Å². The van der Waals surface area contributed by atoms with Gasteiger partial charge in [-0.1, -0.05) is 28.1 Å². The summed E-state index contributed by atoms with van der Waals surface area (Å²) in [6.45, 7) is 0. The summed E-state index contributed by atoms with van der Waals surface area (Å²) < 4.78 is 3.14. The Balaban J connectivity index is 2.44. The van der Waals surface area contributed by atoms with Crippen molar-refractivity contribution in [1.29, 1.82) is 0 Å². The van der Waals surface area contributed by atoms with Gasteiger partial charge in [0.05, 0.1) is 0 Å². The number of hydrogen-bond donors (Lipinski definition) is 0. The quantitative estimate of drug-likeness (QED) is 0.684. The predicted molar refractivity (Wildman–Crippen MR) is 60.8 cm³/mol. The minimum absolute atomic E-state index is 1.11. The van der Waals surface area contributed by atoms with Gasteiger partial charge in [-0.05, 0) is 23.3 Å². The van der Waals surface area contributed by atoms with Gasteiger partial charge in [-0.15, -0.1) is 0 Å². The number of halogens is 1. The minimum atomic E-state index is 1.11. The second-order valence-electron chi connectivity index (χ2n) is 3.26. The van der Waals surface area contributed by atoms with Crippen molar-refractivity contribution in [3.63, 3.8) is 0 Å². The molecule has 14 heavy (non-hydrogen) atoms. The average Bonchev–Trinajstić information content (AvgIpc) is 2.19. The minimum Gasteiger partial charge on any atom is -0.208 e. The number of nitrogens with zero attached hydrogens (tertiary/aromatic N) is 1. The maximum absolute atomic E-state index is 3.47. The zero-order chi connectivity index (χ0) is 9.97. The third-order valence-corrected chi connectivity index (χ3v) is 2.63. The standard InChI is InChI=1S/C12H11BrN/c1-14-7-5-10(6-8-14)11-3-2-4-12(13)9-11/h2-9H,1H3/q+1. The molecule has 2 aromatic rings. The topological polar surface area (TPSA) is 3.88 Å². The molecular weight excluding hydrogens is 238 g/mol. The molecule has 0 saturated heterocycles. The van der Waals surface area contributed by atoms with Gasteiger partial charge in [0.2, 0.25) is 0 Å². The van der Waals surface area contributed by atoms with Crippen LogP contribution in [0.15, 0.2) is 53.3 Å². The highest BCUT2D eigenvalue weighted by molar-refractivity contribution is 9.10. The summed E-state index contributed by atoms with van der Waals surface area (Å²) in [6.07, 6.45) is 4.10. The Morgan fingerprint density at radius 2 is 1.71 bits per heavy atom. The summed E-state index contributed by atoms with van der Waals surface area (Å²) in [5.41, 5.74) is 2.48. The Labute approximate surface area is 92.2 Å². The molecule has 0 fully saturated rings. The smallest absolute Gasteiger partial charge is 0.169 e. The average molecular weight is 249 g/mol. The van der Waals surface area contributed by atoms with Crippen molar-refractivity contribution < 1.29 is 4.57 Å². The zero-order valence-corrected chi connectivity index (χ0v) is 9.53. The first-order valence-corrected chi connectivity index (χ1v) is 5.26. The fourth-order valence-corrected chi connectivity index (χ4v) is 1.76. The summed E-state index contributed by atoms with van der Waals surface area (Å²) in [7, 11) is 2.02. The van der Waals surface area contributed by atoms with Crippen LogP contribution in [0.2, 0.25) is 0 Å². The van der Waals surface area contributed by atoms with Crippen LogP contribution in [0, 0.1) is 0 Å². The molecular formula is C12H11BrN+. The van der Waals surface area contributed by atoms with E-state index in [0.29, 0.717) is 0 Å². The summed E-state index contributed by atoms with van der Waals surface area (Å²) in [5, 5.41) is 0. The molecule has 0 aliphatic carbocycles. The van der Waals surface area contributed by atoms with E-state index in [-0.39, 0.29) is 0 Å². The van der Waals surface area contributed by atoms with Crippen LogP contribution < -0.4 is 4.57 Å². The largest absolute Gasteiger partial charge is 0.208 e. The summed E-state index contributed by atoms with van der Waals surface area (Å²) in [4.78, 5) is 0. The molecule has 0 N–H and O–H groups in total. The van der Waals surface area contributed by atoms with E-state index in [1.807, 2.05) is 23.7 Å². The first-order valence-electron chi connectivity index (χ1n) is 4.47. The molecule has 2 rings (SSSR count). The number of aryl methyl sites for hydroxylation is 1. The molecule has 0 aliphatic rings. The van der Waals surface area contributed by atoms with Crippen LogP contribution in [0.5, 0.6) is 0 Å². The SMILES string of the molecule is C[n+]1ccc(-c2cccc(Br)c2)cc1. The molecule has 1 nitrogen and oxygen atoms in total. The van der Waals surface area contributed by atoms with Crippen LogP contribution >= 0.6 is 15.9 Å². The molecule has 1 aromatic carbocycles. The van der Waals surface area contributed by atoms with Gasteiger partial charge >= 0.3 is 0 Å². The molecule has 0 atom stereocenters. The number of aromatic nitrogens is 1. The Kier molecular flexibility index (Phi) is 2.64. The summed E-state index contributed by atoms with van der Waals surface area (Å²) in [5.74, 6) is 0. The highest BCUT2D eigenvalue weighted by Gasteiger charge is 1.99. The van der Waals surface area contributed by atoms with Crippen LogP contribution in [0.3, 0.4) is 0 Å². The third kappa shape index (κ3) is 2.02. The van der Waals surface area contributed by atoms with Crippen LogP contribution in [-0.2, 0) is 7.05 Å². The molecule has 0 saturated carbocycles. The van der Waals surface area contributed by atoms with E-state index in [1.54, 1.807) is 0 Å². The lowest BCUT2D eigenvalue weighted by molar-refractivity contribution is -0.671. The normalized spacial score (nSPS) is 10.1. The fourth-order valence-electron chi connectivity index (χ4n) is 1.36. The molecule has 2 heteroatoms. The number of pyridine rings is 1. The Bertz CT molecular complexity index is 434. The molecule has 0 radical (unpaired) electrons. The zero-order valence-electron chi connectivity index (χ0n) is 7.94. The Morgan fingerprint density at radius 3 is 2.36 bits per heavy atom. The van der Waals surface area contributed by atoms with E-state index < -0.39 is 0 Å². The van der Waals surface area contributed by atoms with E-state index in [0.717, 1.165) is 4.47 Å². The maximum Gasteiger partial charge on any atom is 0.169 e. The highest BCUT2D eigenvalue weighted by Crippen LogP contribution is 2.21. The Hall–Kier alpha value is -1.15. The molecule has 70 valence electrons. The predicted octanol–water partition coefficient (Wildman–Crippen LogP) is 2.94. The lowest BCUT2D eigenvalue weighted by atomic mass is 10.1. The third-order valence-electron chi connectivity index (χ3n) is 2.14. The van der Waals surface area contributed by atoms with Crippen molar-refractivity contribution in [2.24, 2.45) is 7.05 Å². The Morgan fingerprint density at radius 1 is 1.00 bits per heavy atom. The van der Waals surface area contributed by atoms with Gasteiger partial charge in [-0.3, -0.25) is 0 Å².